The molecule has 6 rings (SSSR count). The largest absolute Gasteiger partial charge is 0.269 e. The molecule has 2 aromatic heterocycles. The molecule has 4 heteroatoms. The maximum Gasteiger partial charge on any atom is 0.261 e. The van der Waals surface area contributed by atoms with Crippen LogP contribution < -0.4 is 5.56 Å². The van der Waals surface area contributed by atoms with Crippen LogP contribution in [-0.4, -0.2) is 9.38 Å². The zero-order valence-corrected chi connectivity index (χ0v) is 13.3. The van der Waals surface area contributed by atoms with Crippen molar-refractivity contribution in [3.8, 4) is 0 Å². The lowest BCUT2D eigenvalue weighted by molar-refractivity contribution is 0.165. The molecule has 2 heterocycles. The van der Waals surface area contributed by atoms with Gasteiger partial charge in [0, 0.05) is 22.2 Å². The quantitative estimate of drug-likeness (QED) is 0.727. The second-order valence-electron chi connectivity index (χ2n) is 7.10. The van der Waals surface area contributed by atoms with Crippen LogP contribution in [-0.2, 0) is 0 Å². The summed E-state index contributed by atoms with van der Waals surface area (Å²) in [5.41, 5.74) is 3.15. The molecule has 0 spiro atoms. The van der Waals surface area contributed by atoms with Crippen molar-refractivity contribution in [3.63, 3.8) is 0 Å². The molecular formula is C17H17BrN2O. The van der Waals surface area contributed by atoms with E-state index in [1.54, 1.807) is 4.40 Å². The first-order valence-corrected chi connectivity index (χ1v) is 8.70. The third-order valence-electron chi connectivity index (χ3n) is 5.78. The molecule has 0 amide bonds. The molecule has 0 saturated heterocycles. The molecule has 2 saturated carbocycles. The van der Waals surface area contributed by atoms with E-state index in [0.29, 0.717) is 11.8 Å². The van der Waals surface area contributed by atoms with Crippen LogP contribution in [0.25, 0.3) is 5.65 Å². The number of aromatic nitrogens is 2. The minimum absolute atomic E-state index is 0.175. The van der Waals surface area contributed by atoms with Gasteiger partial charge in [-0.3, -0.25) is 9.20 Å². The number of halogens is 1. The molecule has 0 aromatic carbocycles. The summed E-state index contributed by atoms with van der Waals surface area (Å²) in [7, 11) is 0. The Hall–Kier alpha value is -1.16. The molecule has 0 radical (unpaired) electrons. The van der Waals surface area contributed by atoms with Crippen molar-refractivity contribution >= 4 is 21.6 Å². The van der Waals surface area contributed by atoms with Crippen molar-refractivity contribution < 1.29 is 0 Å². The summed E-state index contributed by atoms with van der Waals surface area (Å²) < 4.78 is 2.66. The molecular weight excluding hydrogens is 328 g/mol. The summed E-state index contributed by atoms with van der Waals surface area (Å²) in [5, 5.41) is 0. The smallest absolute Gasteiger partial charge is 0.261 e. The molecule has 3 nitrogen and oxygen atoms in total. The second-order valence-corrected chi connectivity index (χ2v) is 8.01. The lowest BCUT2D eigenvalue weighted by Crippen LogP contribution is -2.27. The van der Waals surface area contributed by atoms with Gasteiger partial charge in [-0.2, -0.15) is 0 Å². The predicted molar refractivity (Wildman–Crippen MR) is 84.7 cm³/mol. The highest BCUT2D eigenvalue weighted by Gasteiger charge is 2.44. The van der Waals surface area contributed by atoms with Gasteiger partial charge >= 0.3 is 0 Å². The van der Waals surface area contributed by atoms with Gasteiger partial charge in [-0.25, -0.2) is 4.98 Å². The van der Waals surface area contributed by atoms with E-state index in [0.717, 1.165) is 33.2 Å². The van der Waals surface area contributed by atoms with Crippen LogP contribution in [0.5, 0.6) is 0 Å². The lowest BCUT2D eigenvalue weighted by Gasteiger charge is -2.38. The lowest BCUT2D eigenvalue weighted by atomic mass is 9.67. The van der Waals surface area contributed by atoms with Gasteiger partial charge in [0.25, 0.3) is 5.56 Å². The number of fused-ring (bicyclic) bond motifs is 1. The van der Waals surface area contributed by atoms with Crippen molar-refractivity contribution in [1.29, 1.82) is 0 Å². The Labute approximate surface area is 131 Å². The Balaban J connectivity index is 1.85. The topological polar surface area (TPSA) is 34.4 Å². The third-order valence-corrected chi connectivity index (χ3v) is 6.25. The Morgan fingerprint density at radius 3 is 2.52 bits per heavy atom. The SMILES string of the molecule is O=c1c2c(nc3ccc(Br)cn13)C1CC3CC(C1)CC2C3. The van der Waals surface area contributed by atoms with Crippen molar-refractivity contribution in [2.75, 3.05) is 0 Å². The highest BCUT2D eigenvalue weighted by atomic mass is 79.9. The van der Waals surface area contributed by atoms with Crippen LogP contribution >= 0.6 is 15.9 Å². The van der Waals surface area contributed by atoms with Gasteiger partial charge in [0.1, 0.15) is 5.65 Å². The van der Waals surface area contributed by atoms with Crippen LogP contribution in [0.3, 0.4) is 0 Å². The molecule has 2 fully saturated rings. The zero-order chi connectivity index (χ0) is 14.1. The maximum absolute atomic E-state index is 13.0. The summed E-state index contributed by atoms with van der Waals surface area (Å²) >= 11 is 3.46. The van der Waals surface area contributed by atoms with Crippen LogP contribution in [0.2, 0.25) is 0 Å². The fraction of sp³-hybridized carbons (Fsp3) is 0.529. The van der Waals surface area contributed by atoms with Gasteiger partial charge in [-0.1, -0.05) is 0 Å². The second kappa shape index (κ2) is 4.19. The van der Waals surface area contributed by atoms with Gasteiger partial charge in [0.05, 0.1) is 5.69 Å². The van der Waals surface area contributed by atoms with E-state index in [-0.39, 0.29) is 5.56 Å². The summed E-state index contributed by atoms with van der Waals surface area (Å²) in [4.78, 5) is 18.0. The first kappa shape index (κ1) is 12.4. The van der Waals surface area contributed by atoms with Gasteiger partial charge in [-0.05, 0) is 77.9 Å². The zero-order valence-electron chi connectivity index (χ0n) is 11.8. The van der Waals surface area contributed by atoms with Crippen LogP contribution in [0.4, 0.5) is 0 Å². The Morgan fingerprint density at radius 2 is 1.76 bits per heavy atom. The average molecular weight is 345 g/mol. The van der Waals surface area contributed by atoms with Crippen LogP contribution in [0.15, 0.2) is 27.6 Å². The average Bonchev–Trinajstić information content (AvgIpc) is 2.62. The standard InChI is InChI=1S/C17H17BrN2O/c18-13-1-2-14-19-16-12-6-9-3-10(7-12)5-11(4-9)15(16)17(21)20(14)8-13/h1-2,8-12H,3-7H2. The van der Waals surface area contributed by atoms with Crippen molar-refractivity contribution in [1.82, 2.24) is 9.38 Å². The molecule has 4 aliphatic rings. The molecule has 4 aliphatic carbocycles. The molecule has 0 N–H and O–H groups in total. The highest BCUT2D eigenvalue weighted by molar-refractivity contribution is 9.10. The molecule has 21 heavy (non-hydrogen) atoms. The first-order valence-electron chi connectivity index (χ1n) is 7.90. The number of rotatable bonds is 0. The van der Waals surface area contributed by atoms with Crippen LogP contribution in [0.1, 0.15) is 55.2 Å². The minimum atomic E-state index is 0.175. The normalized spacial score (nSPS) is 33.2. The fourth-order valence-electron chi connectivity index (χ4n) is 5.15. The van der Waals surface area contributed by atoms with Gasteiger partial charge in [0.2, 0.25) is 0 Å². The maximum atomic E-state index is 13.0. The molecule has 4 bridgehead atoms. The highest BCUT2D eigenvalue weighted by Crippen LogP contribution is 2.54. The monoisotopic (exact) mass is 344 g/mol. The molecule has 2 unspecified atom stereocenters. The van der Waals surface area contributed by atoms with Crippen molar-refractivity contribution in [3.05, 3.63) is 44.4 Å². The summed E-state index contributed by atoms with van der Waals surface area (Å²) in [6.45, 7) is 0. The molecule has 108 valence electrons. The first-order chi connectivity index (χ1) is 10.2. The summed E-state index contributed by atoms with van der Waals surface area (Å²) in [5.74, 6) is 2.62. The van der Waals surface area contributed by atoms with E-state index in [1.165, 1.54) is 32.1 Å². The Bertz CT molecular complexity index is 798. The van der Waals surface area contributed by atoms with Gasteiger partial charge in [-0.15, -0.1) is 0 Å². The van der Waals surface area contributed by atoms with Gasteiger partial charge < -0.3 is 0 Å². The number of hydrogen-bond donors (Lipinski definition) is 0. The van der Waals surface area contributed by atoms with E-state index in [4.69, 9.17) is 4.98 Å². The third kappa shape index (κ3) is 1.71. The minimum Gasteiger partial charge on any atom is -0.269 e. The van der Waals surface area contributed by atoms with E-state index >= 15 is 0 Å². The number of nitrogens with zero attached hydrogens (tertiary/aromatic N) is 2. The van der Waals surface area contributed by atoms with Crippen molar-refractivity contribution in [2.24, 2.45) is 11.8 Å². The van der Waals surface area contributed by atoms with E-state index < -0.39 is 0 Å². The van der Waals surface area contributed by atoms with E-state index in [1.807, 2.05) is 18.3 Å². The molecule has 0 aliphatic heterocycles. The summed E-state index contributed by atoms with van der Waals surface area (Å²) in [6.07, 6.45) is 8.15. The van der Waals surface area contributed by atoms with Crippen LogP contribution in [0, 0.1) is 11.8 Å². The molecule has 2 aromatic rings. The molecule has 2 atom stereocenters. The van der Waals surface area contributed by atoms with E-state index in [9.17, 15) is 4.79 Å². The van der Waals surface area contributed by atoms with Gasteiger partial charge in [0.15, 0.2) is 0 Å². The van der Waals surface area contributed by atoms with E-state index in [2.05, 4.69) is 15.9 Å². The number of hydrogen-bond acceptors (Lipinski definition) is 2. The fourth-order valence-corrected chi connectivity index (χ4v) is 5.49. The predicted octanol–water partition coefficient (Wildman–Crippen LogP) is 3.85. The van der Waals surface area contributed by atoms with Crippen molar-refractivity contribution in [2.45, 2.75) is 43.9 Å². The Morgan fingerprint density at radius 1 is 1.05 bits per heavy atom. The summed E-state index contributed by atoms with van der Waals surface area (Å²) in [6, 6.07) is 3.91. The number of pyridine rings is 1. The Kier molecular flexibility index (Phi) is 2.47.